The Balaban J connectivity index is 1.38. The van der Waals surface area contributed by atoms with Crippen LogP contribution in [0.4, 0.5) is 5.82 Å². The van der Waals surface area contributed by atoms with E-state index >= 15 is 0 Å². The average Bonchev–Trinajstić information content (AvgIpc) is 3.52. The molecule has 1 aliphatic rings. The normalized spacial score (nSPS) is 21.9. The van der Waals surface area contributed by atoms with Crippen LogP contribution in [0.1, 0.15) is 32.5 Å². The van der Waals surface area contributed by atoms with Gasteiger partial charge >= 0.3 is 21.2 Å². The summed E-state index contributed by atoms with van der Waals surface area (Å²) in [7, 11) is -9.71. The quantitative estimate of drug-likeness (QED) is 0.0942. The molecule has 0 spiro atoms. The van der Waals surface area contributed by atoms with Gasteiger partial charge in [-0.1, -0.05) is 42.5 Å². The number of anilines is 1. The summed E-state index contributed by atoms with van der Waals surface area (Å²) in [5.74, 6) is -2.56. The minimum absolute atomic E-state index is 0.0406. The number of nitrogen functional groups attached to an aromatic ring is 1. The lowest BCUT2D eigenvalue weighted by Gasteiger charge is -2.22. The number of imidazole rings is 1. The van der Waals surface area contributed by atoms with Crippen LogP contribution in [0, 0.1) is 0 Å². The van der Waals surface area contributed by atoms with Crippen LogP contribution in [0.3, 0.4) is 0 Å². The lowest BCUT2D eigenvalue weighted by Crippen LogP contribution is -2.37. The third kappa shape index (κ3) is 6.88. The Morgan fingerprint density at radius 3 is 2.28 bits per heavy atom. The van der Waals surface area contributed by atoms with E-state index in [0.29, 0.717) is 11.1 Å². The first kappa shape index (κ1) is 30.6. The average molecular weight is 633 g/mol. The van der Waals surface area contributed by atoms with Gasteiger partial charge in [0.05, 0.1) is 18.5 Å². The molecule has 6 N–H and O–H groups in total. The van der Waals surface area contributed by atoms with Crippen LogP contribution in [0.25, 0.3) is 11.2 Å². The van der Waals surface area contributed by atoms with Crippen molar-refractivity contribution >= 4 is 43.9 Å². The number of hydrogen-bond donors (Lipinski definition) is 5. The molecule has 5 atom stereocenters. The molecule has 0 aliphatic carbocycles. The number of ether oxygens (including phenoxy) is 2. The van der Waals surface area contributed by atoms with E-state index in [0.717, 1.165) is 6.33 Å². The van der Waals surface area contributed by atoms with Crippen LogP contribution in [0.5, 0.6) is 0 Å². The maximum atomic E-state index is 13.2. The van der Waals surface area contributed by atoms with E-state index in [1.54, 1.807) is 30.3 Å². The molecule has 0 amide bonds. The van der Waals surface area contributed by atoms with Crippen molar-refractivity contribution in [1.29, 1.82) is 0 Å². The largest absolute Gasteiger partial charge is 0.451 e. The Labute approximate surface area is 242 Å². The minimum atomic E-state index is -4.91. The summed E-state index contributed by atoms with van der Waals surface area (Å²) >= 11 is 0. The van der Waals surface area contributed by atoms with Crippen LogP contribution in [-0.2, 0) is 23.1 Å². The number of aliphatic hydroxyl groups is 1. The number of ketones is 1. The smallest absolute Gasteiger partial charge is 0.340 e. The van der Waals surface area contributed by atoms with Crippen molar-refractivity contribution in [2.75, 3.05) is 18.2 Å². The van der Waals surface area contributed by atoms with Gasteiger partial charge in [-0.2, -0.15) is 0 Å². The predicted octanol–water partition coefficient (Wildman–Crippen LogP) is 1.46. The fourth-order valence-electron chi connectivity index (χ4n) is 4.43. The molecule has 1 aliphatic heterocycles. The van der Waals surface area contributed by atoms with Crippen LogP contribution in [0.15, 0.2) is 67.3 Å². The van der Waals surface area contributed by atoms with Gasteiger partial charge in [-0.25, -0.2) is 19.7 Å². The fourth-order valence-corrected chi connectivity index (χ4v) is 7.00. The number of carbonyl (C=O) groups excluding carboxylic acids is 2. The highest BCUT2D eigenvalue weighted by molar-refractivity contribution is 7.70. The number of benzene rings is 2. The Kier molecular flexibility index (Phi) is 8.56. The highest BCUT2D eigenvalue weighted by Crippen LogP contribution is 2.55. The van der Waals surface area contributed by atoms with Gasteiger partial charge in [-0.15, -0.1) is 0 Å². The molecule has 0 saturated carbocycles. The number of rotatable bonds is 10. The van der Waals surface area contributed by atoms with Crippen molar-refractivity contribution in [3.05, 3.63) is 83.9 Å². The SMILES string of the molecule is Nc1ncnc2c1ncn2[C@@H]1O[C@H](COP(=O)(O)CP(=O)(O)O)[C@@H](O)[C@H]1OC(=O)c1ccc(C(=O)c2ccccc2)cc1. The third-order valence-corrected chi connectivity index (χ3v) is 9.90. The molecule has 0 radical (unpaired) electrons. The fraction of sp³-hybridized carbons (Fsp3) is 0.240. The van der Waals surface area contributed by atoms with Crippen LogP contribution in [0.2, 0.25) is 0 Å². The van der Waals surface area contributed by atoms with E-state index in [1.807, 2.05) is 0 Å². The summed E-state index contributed by atoms with van der Waals surface area (Å²) in [6.45, 7) is -0.792. The molecule has 1 fully saturated rings. The van der Waals surface area contributed by atoms with E-state index in [9.17, 15) is 28.7 Å². The number of aromatic nitrogens is 4. The summed E-state index contributed by atoms with van der Waals surface area (Å²) < 4.78 is 41.0. The molecular formula is C25H25N5O11P2. The van der Waals surface area contributed by atoms with Gasteiger partial charge in [-0.3, -0.25) is 18.5 Å². The third-order valence-electron chi connectivity index (χ3n) is 6.44. The Hall–Kier alpha value is -3.85. The van der Waals surface area contributed by atoms with E-state index in [1.165, 1.54) is 35.2 Å². The van der Waals surface area contributed by atoms with Gasteiger partial charge in [0.15, 0.2) is 35.5 Å². The molecular weight excluding hydrogens is 608 g/mol. The number of nitrogens with two attached hydrogens (primary N) is 1. The Morgan fingerprint density at radius 2 is 1.60 bits per heavy atom. The maximum Gasteiger partial charge on any atom is 0.340 e. The second kappa shape index (κ2) is 12.0. The van der Waals surface area contributed by atoms with Gasteiger partial charge in [0.25, 0.3) is 0 Å². The van der Waals surface area contributed by atoms with Crippen molar-refractivity contribution in [2.24, 2.45) is 0 Å². The van der Waals surface area contributed by atoms with Crippen molar-refractivity contribution in [2.45, 2.75) is 24.5 Å². The number of hydrogen-bond acceptors (Lipinski definition) is 12. The summed E-state index contributed by atoms with van der Waals surface area (Å²) in [6.07, 6.45) is -3.40. The van der Waals surface area contributed by atoms with Crippen LogP contribution < -0.4 is 5.73 Å². The first-order chi connectivity index (χ1) is 20.3. The van der Waals surface area contributed by atoms with Gasteiger partial charge in [-0.05, 0) is 12.1 Å². The molecule has 226 valence electrons. The molecule has 3 heterocycles. The standard InChI is InChI=1S/C25H25N5O11P2/c26-22-18-23(28-11-27-22)30(12-29-18)24-21(20(32)17(40-24)10-39-43(37,38)13-42(34,35)36)41-25(33)16-8-6-15(7-9-16)19(31)14-4-2-1-3-5-14/h1-9,11-12,17,20-21,24,32H,10,13H2,(H,37,38)(H2,26,27,28)(H2,34,35,36)/t17-,20-,21-,24-/m1/s1. The highest BCUT2D eigenvalue weighted by Gasteiger charge is 2.49. The molecule has 18 heteroatoms. The molecule has 1 unspecified atom stereocenters. The van der Waals surface area contributed by atoms with Crippen LogP contribution >= 0.6 is 15.2 Å². The summed E-state index contributed by atoms with van der Waals surface area (Å²) in [5, 5.41) is 11.1. The van der Waals surface area contributed by atoms with Gasteiger partial charge in [0.2, 0.25) is 0 Å². The topological polar surface area (TPSA) is 247 Å². The molecule has 2 aromatic carbocycles. The summed E-state index contributed by atoms with van der Waals surface area (Å²) in [6, 6.07) is 14.2. The predicted molar refractivity (Wildman–Crippen MR) is 148 cm³/mol. The van der Waals surface area contributed by atoms with Crippen molar-refractivity contribution < 1.29 is 52.5 Å². The summed E-state index contributed by atoms with van der Waals surface area (Å²) in [4.78, 5) is 66.0. The van der Waals surface area contributed by atoms with E-state index in [2.05, 4.69) is 15.0 Å². The van der Waals surface area contributed by atoms with Gasteiger partial charge < -0.3 is 39.5 Å². The van der Waals surface area contributed by atoms with E-state index in [-0.39, 0.29) is 28.3 Å². The molecule has 0 bridgehead atoms. The zero-order valence-electron chi connectivity index (χ0n) is 22.0. The number of esters is 1. The molecule has 16 nitrogen and oxygen atoms in total. The molecule has 1 saturated heterocycles. The van der Waals surface area contributed by atoms with E-state index in [4.69, 9.17) is 29.5 Å². The maximum absolute atomic E-state index is 13.2. The molecule has 5 rings (SSSR count). The van der Waals surface area contributed by atoms with Crippen molar-refractivity contribution in [3.63, 3.8) is 0 Å². The van der Waals surface area contributed by atoms with Crippen LogP contribution in [-0.4, -0.2) is 81.9 Å². The second-order valence-corrected chi connectivity index (χ2v) is 13.5. The zero-order valence-corrected chi connectivity index (χ0v) is 23.8. The Morgan fingerprint density at radius 1 is 0.953 bits per heavy atom. The number of carbonyl (C=O) groups is 2. The number of nitrogens with zero attached hydrogens (tertiary/aromatic N) is 4. The zero-order chi connectivity index (χ0) is 30.9. The van der Waals surface area contributed by atoms with Crippen molar-refractivity contribution in [1.82, 2.24) is 19.5 Å². The lowest BCUT2D eigenvalue weighted by molar-refractivity contribution is -0.0546. The Bertz CT molecular complexity index is 1750. The summed E-state index contributed by atoms with van der Waals surface area (Å²) in [5.41, 5.74) is 7.04. The van der Waals surface area contributed by atoms with Gasteiger partial charge in [0.1, 0.15) is 24.1 Å². The second-order valence-electron chi connectivity index (χ2n) is 9.52. The van der Waals surface area contributed by atoms with Crippen molar-refractivity contribution in [3.8, 4) is 0 Å². The minimum Gasteiger partial charge on any atom is -0.451 e. The lowest BCUT2D eigenvalue weighted by atomic mass is 10.0. The number of fused-ring (bicyclic) bond motifs is 1. The molecule has 43 heavy (non-hydrogen) atoms. The highest BCUT2D eigenvalue weighted by atomic mass is 31.2. The van der Waals surface area contributed by atoms with E-state index < -0.39 is 58.2 Å². The molecule has 4 aromatic rings. The first-order valence-electron chi connectivity index (χ1n) is 12.5. The molecule has 2 aromatic heterocycles. The first-order valence-corrected chi connectivity index (χ1v) is 16.1. The monoisotopic (exact) mass is 633 g/mol. The number of aliphatic hydroxyl groups excluding tert-OH is 1. The van der Waals surface area contributed by atoms with Gasteiger partial charge in [0, 0.05) is 11.1 Å².